The minimum absolute atomic E-state index is 0.111. The maximum atomic E-state index is 12.9. The summed E-state index contributed by atoms with van der Waals surface area (Å²) in [6.45, 7) is 3.86. The van der Waals surface area contributed by atoms with E-state index in [-0.39, 0.29) is 18.9 Å². The van der Waals surface area contributed by atoms with Crippen LogP contribution in [-0.4, -0.2) is 54.7 Å². The summed E-state index contributed by atoms with van der Waals surface area (Å²) in [4.78, 5) is 26.5. The van der Waals surface area contributed by atoms with Gasteiger partial charge >= 0.3 is 0 Å². The first-order chi connectivity index (χ1) is 16.2. The highest BCUT2D eigenvalue weighted by molar-refractivity contribution is 5.94. The third-order valence-corrected chi connectivity index (χ3v) is 5.96. The van der Waals surface area contributed by atoms with Crippen LogP contribution in [0.25, 0.3) is 10.8 Å². The zero-order valence-corrected chi connectivity index (χ0v) is 19.2. The lowest BCUT2D eigenvalue weighted by molar-refractivity contribution is -0.129. The van der Waals surface area contributed by atoms with E-state index in [1.807, 2.05) is 48.5 Å². The van der Waals surface area contributed by atoms with Crippen LogP contribution in [-0.2, 0) is 9.59 Å². The summed E-state index contributed by atoms with van der Waals surface area (Å²) in [6, 6.07) is 13.9. The SMILES string of the molecule is O=C(CCCC/C=C(\COc1cccc2ccccc12)C(=O)NCCN1CCCCC1)NO. The van der Waals surface area contributed by atoms with E-state index in [4.69, 9.17) is 9.94 Å². The zero-order chi connectivity index (χ0) is 23.3. The fourth-order valence-electron chi connectivity index (χ4n) is 4.08. The normalized spacial score (nSPS) is 14.8. The standard InChI is InChI=1S/C26H35N3O4/c30-25(28-32)15-4-1-3-11-22(26(31)27-16-19-29-17-7-2-8-18-29)20-33-24-14-9-12-21-10-5-6-13-23(21)24/h5-6,9-14,32H,1-4,7-8,15-20H2,(H,27,31)(H,28,30)/b22-11+. The number of rotatable bonds is 12. The Morgan fingerprint density at radius 3 is 2.64 bits per heavy atom. The highest BCUT2D eigenvalue weighted by atomic mass is 16.5. The Labute approximate surface area is 195 Å². The van der Waals surface area contributed by atoms with E-state index in [9.17, 15) is 9.59 Å². The first kappa shape index (κ1) is 24.7. The van der Waals surface area contributed by atoms with E-state index in [0.717, 1.165) is 42.6 Å². The van der Waals surface area contributed by atoms with Gasteiger partial charge in [-0.15, -0.1) is 0 Å². The summed E-state index contributed by atoms with van der Waals surface area (Å²) in [5.41, 5.74) is 2.23. The Morgan fingerprint density at radius 1 is 1.03 bits per heavy atom. The molecule has 1 aliphatic heterocycles. The van der Waals surface area contributed by atoms with Crippen LogP contribution < -0.4 is 15.5 Å². The number of nitrogens with one attached hydrogen (secondary N) is 2. The smallest absolute Gasteiger partial charge is 0.250 e. The quantitative estimate of drug-likeness (QED) is 0.197. The van der Waals surface area contributed by atoms with Crippen molar-refractivity contribution in [2.45, 2.75) is 44.9 Å². The molecule has 0 aromatic heterocycles. The molecule has 0 radical (unpaired) electrons. The monoisotopic (exact) mass is 453 g/mol. The fraction of sp³-hybridized carbons (Fsp3) is 0.462. The fourth-order valence-corrected chi connectivity index (χ4v) is 4.08. The molecule has 7 nitrogen and oxygen atoms in total. The van der Waals surface area contributed by atoms with Crippen molar-refractivity contribution >= 4 is 22.6 Å². The van der Waals surface area contributed by atoms with Gasteiger partial charge in [-0.1, -0.05) is 48.9 Å². The second kappa shape index (κ2) is 13.6. The van der Waals surface area contributed by atoms with Crippen molar-refractivity contribution in [2.24, 2.45) is 0 Å². The molecule has 1 fully saturated rings. The topological polar surface area (TPSA) is 90.9 Å². The number of hydrogen-bond donors (Lipinski definition) is 3. The number of hydrogen-bond acceptors (Lipinski definition) is 5. The predicted molar refractivity (Wildman–Crippen MR) is 129 cm³/mol. The summed E-state index contributed by atoms with van der Waals surface area (Å²) >= 11 is 0. The summed E-state index contributed by atoms with van der Waals surface area (Å²) in [6.07, 6.45) is 7.95. The number of allylic oxidation sites excluding steroid dienone is 1. The summed E-state index contributed by atoms with van der Waals surface area (Å²) in [7, 11) is 0. The van der Waals surface area contributed by atoms with E-state index in [2.05, 4.69) is 10.2 Å². The Morgan fingerprint density at radius 2 is 1.82 bits per heavy atom. The molecule has 1 saturated heterocycles. The lowest BCUT2D eigenvalue weighted by Crippen LogP contribution is -2.38. The van der Waals surface area contributed by atoms with Gasteiger partial charge in [-0.05, 0) is 56.6 Å². The largest absolute Gasteiger partial charge is 0.488 e. The van der Waals surface area contributed by atoms with Gasteiger partial charge in [-0.3, -0.25) is 14.8 Å². The molecule has 33 heavy (non-hydrogen) atoms. The summed E-state index contributed by atoms with van der Waals surface area (Å²) in [5, 5.41) is 13.7. The molecular weight excluding hydrogens is 418 g/mol. The molecule has 0 bridgehead atoms. The van der Waals surface area contributed by atoms with Crippen LogP contribution in [0.3, 0.4) is 0 Å². The van der Waals surface area contributed by atoms with Gasteiger partial charge in [-0.2, -0.15) is 0 Å². The number of benzene rings is 2. The van der Waals surface area contributed by atoms with Crippen LogP contribution in [0.4, 0.5) is 0 Å². The highest BCUT2D eigenvalue weighted by Crippen LogP contribution is 2.25. The maximum absolute atomic E-state index is 12.9. The molecule has 1 heterocycles. The first-order valence-electron chi connectivity index (χ1n) is 11.9. The van der Waals surface area contributed by atoms with Gasteiger partial charge in [0.05, 0.1) is 5.57 Å². The number of likely N-dealkylation sites (tertiary alicyclic amines) is 1. The van der Waals surface area contributed by atoms with Gasteiger partial charge in [0, 0.05) is 24.9 Å². The number of fused-ring (bicyclic) bond motifs is 1. The molecule has 0 saturated carbocycles. The van der Waals surface area contributed by atoms with Gasteiger partial charge in [0.1, 0.15) is 12.4 Å². The van der Waals surface area contributed by atoms with Gasteiger partial charge in [0.25, 0.3) is 0 Å². The number of carbonyl (C=O) groups excluding carboxylic acids is 2. The number of ether oxygens (including phenoxy) is 1. The van der Waals surface area contributed by atoms with E-state index in [0.29, 0.717) is 25.0 Å². The van der Waals surface area contributed by atoms with E-state index >= 15 is 0 Å². The Balaban J connectivity index is 1.57. The molecule has 178 valence electrons. The number of piperidine rings is 1. The van der Waals surface area contributed by atoms with E-state index in [1.165, 1.54) is 19.3 Å². The average Bonchev–Trinajstić information content (AvgIpc) is 2.86. The van der Waals surface area contributed by atoms with Gasteiger partial charge < -0.3 is 15.0 Å². The van der Waals surface area contributed by atoms with Crippen molar-refractivity contribution in [3.8, 4) is 5.75 Å². The van der Waals surface area contributed by atoms with Crippen molar-refractivity contribution in [2.75, 3.05) is 32.8 Å². The molecule has 2 aromatic carbocycles. The molecule has 2 amide bonds. The number of amides is 2. The molecule has 2 aromatic rings. The Bertz CT molecular complexity index is 933. The van der Waals surface area contributed by atoms with Gasteiger partial charge in [0.2, 0.25) is 11.8 Å². The molecule has 0 atom stereocenters. The minimum Gasteiger partial charge on any atom is -0.488 e. The van der Waals surface area contributed by atoms with Crippen LogP contribution >= 0.6 is 0 Å². The molecule has 7 heteroatoms. The third-order valence-electron chi connectivity index (χ3n) is 5.96. The van der Waals surface area contributed by atoms with Crippen molar-refractivity contribution < 1.29 is 19.5 Å². The lowest BCUT2D eigenvalue weighted by Gasteiger charge is -2.26. The average molecular weight is 454 g/mol. The molecule has 0 aliphatic carbocycles. The number of carbonyl (C=O) groups is 2. The van der Waals surface area contributed by atoms with Crippen LogP contribution in [0.2, 0.25) is 0 Å². The van der Waals surface area contributed by atoms with Crippen LogP contribution in [0.1, 0.15) is 44.9 Å². The van der Waals surface area contributed by atoms with Crippen molar-refractivity contribution in [1.29, 1.82) is 0 Å². The van der Waals surface area contributed by atoms with Crippen molar-refractivity contribution in [1.82, 2.24) is 15.7 Å². The molecular formula is C26H35N3O4. The summed E-state index contributed by atoms with van der Waals surface area (Å²) < 4.78 is 6.07. The number of unbranched alkanes of at least 4 members (excludes halogenated alkanes) is 2. The molecule has 0 unspecified atom stereocenters. The van der Waals surface area contributed by atoms with Crippen molar-refractivity contribution in [3.05, 3.63) is 54.1 Å². The molecule has 3 N–H and O–H groups in total. The molecule has 1 aliphatic rings. The van der Waals surface area contributed by atoms with Crippen molar-refractivity contribution in [3.63, 3.8) is 0 Å². The van der Waals surface area contributed by atoms with E-state index in [1.54, 1.807) is 5.48 Å². The first-order valence-corrected chi connectivity index (χ1v) is 11.9. The van der Waals surface area contributed by atoms with Crippen LogP contribution in [0.5, 0.6) is 5.75 Å². The highest BCUT2D eigenvalue weighted by Gasteiger charge is 2.13. The second-order valence-electron chi connectivity index (χ2n) is 8.43. The van der Waals surface area contributed by atoms with E-state index < -0.39 is 5.91 Å². The number of hydroxylamine groups is 1. The summed E-state index contributed by atoms with van der Waals surface area (Å²) in [5.74, 6) is 0.244. The Kier molecular flexibility index (Phi) is 10.2. The predicted octanol–water partition coefficient (Wildman–Crippen LogP) is 3.81. The minimum atomic E-state index is -0.394. The number of nitrogens with zero attached hydrogens (tertiary/aromatic N) is 1. The zero-order valence-electron chi connectivity index (χ0n) is 19.2. The third kappa shape index (κ3) is 8.18. The Hall–Kier alpha value is -2.90. The lowest BCUT2D eigenvalue weighted by atomic mass is 10.1. The second-order valence-corrected chi connectivity index (χ2v) is 8.43. The maximum Gasteiger partial charge on any atom is 0.250 e. The molecule has 0 spiro atoms. The van der Waals surface area contributed by atoms with Crippen LogP contribution in [0, 0.1) is 0 Å². The van der Waals surface area contributed by atoms with Gasteiger partial charge in [0.15, 0.2) is 0 Å². The molecule has 3 rings (SSSR count). The van der Waals surface area contributed by atoms with Crippen LogP contribution in [0.15, 0.2) is 54.1 Å². The van der Waals surface area contributed by atoms with Gasteiger partial charge in [-0.25, -0.2) is 5.48 Å².